The number of hydrogen-bond donors (Lipinski definition) is 1. The van der Waals surface area contributed by atoms with Gasteiger partial charge in [0, 0.05) is 19.6 Å². The number of nitrogens with zero attached hydrogens (tertiary/aromatic N) is 3. The van der Waals surface area contributed by atoms with Crippen LogP contribution in [-0.2, 0) is 13.1 Å². The highest BCUT2D eigenvalue weighted by Crippen LogP contribution is 2.09. The normalized spacial score (nSPS) is 10.9. The molecular weight excluding hydrogens is 272 g/mol. The predicted molar refractivity (Wildman–Crippen MR) is 81.3 cm³/mol. The maximum Gasteiger partial charge on any atom is 0.147 e. The first-order chi connectivity index (χ1) is 9.78. The summed E-state index contributed by atoms with van der Waals surface area (Å²) in [5.74, 6) is 0. The first-order valence-electron chi connectivity index (χ1n) is 6.70. The molecule has 0 saturated heterocycles. The maximum atomic E-state index is 5.76. The van der Waals surface area contributed by atoms with Gasteiger partial charge in [-0.3, -0.25) is 9.88 Å². The number of benzene rings is 1. The number of hydrogen-bond acceptors (Lipinski definition) is 4. The van der Waals surface area contributed by atoms with E-state index in [1.54, 1.807) is 12.4 Å². The first kappa shape index (κ1) is 14.9. The van der Waals surface area contributed by atoms with Crippen molar-refractivity contribution in [1.82, 2.24) is 14.9 Å². The van der Waals surface area contributed by atoms with Crippen LogP contribution in [0.25, 0.3) is 0 Å². The highest BCUT2D eigenvalue weighted by Gasteiger charge is 2.08. The average Bonchev–Trinajstić information content (AvgIpc) is 2.48. The van der Waals surface area contributed by atoms with Crippen LogP contribution in [0.5, 0.6) is 0 Å². The summed E-state index contributed by atoms with van der Waals surface area (Å²) in [6.07, 6.45) is 4.27. The topological polar surface area (TPSA) is 55.0 Å². The summed E-state index contributed by atoms with van der Waals surface area (Å²) < 4.78 is 0. The summed E-state index contributed by atoms with van der Waals surface area (Å²) in [6.45, 7) is 3.26. The van der Waals surface area contributed by atoms with Crippen molar-refractivity contribution in [3.8, 4) is 0 Å². The summed E-state index contributed by atoms with van der Waals surface area (Å²) in [7, 11) is 0. The van der Waals surface area contributed by atoms with E-state index in [0.29, 0.717) is 11.7 Å². The fourth-order valence-corrected chi connectivity index (χ4v) is 2.12. The monoisotopic (exact) mass is 290 g/mol. The Morgan fingerprint density at radius 1 is 1.05 bits per heavy atom. The summed E-state index contributed by atoms with van der Waals surface area (Å²) in [6, 6.07) is 10.4. The van der Waals surface area contributed by atoms with Crippen LogP contribution in [0.4, 0.5) is 0 Å². The van der Waals surface area contributed by atoms with Gasteiger partial charge in [-0.25, -0.2) is 4.98 Å². The molecule has 0 aliphatic carbocycles. The lowest BCUT2D eigenvalue weighted by atomic mass is 10.2. The molecular formula is C15H19ClN4. The van der Waals surface area contributed by atoms with Crippen molar-refractivity contribution in [2.75, 3.05) is 13.1 Å². The number of nitrogens with two attached hydrogens (primary N) is 1. The lowest BCUT2D eigenvalue weighted by molar-refractivity contribution is 0.251. The Hall–Kier alpha value is -1.49. The third kappa shape index (κ3) is 4.89. The van der Waals surface area contributed by atoms with E-state index in [0.717, 1.165) is 31.7 Å². The molecule has 0 spiro atoms. The molecule has 1 aromatic carbocycles. The van der Waals surface area contributed by atoms with E-state index in [4.69, 9.17) is 17.3 Å². The lowest BCUT2D eigenvalue weighted by Gasteiger charge is -2.21. The van der Waals surface area contributed by atoms with Gasteiger partial charge in [0.1, 0.15) is 5.15 Å². The molecule has 2 aromatic rings. The van der Waals surface area contributed by atoms with Gasteiger partial charge in [-0.05, 0) is 18.5 Å². The molecule has 0 unspecified atom stereocenters. The molecule has 106 valence electrons. The Balaban J connectivity index is 2.01. The number of rotatable bonds is 7. The first-order valence-corrected chi connectivity index (χ1v) is 7.08. The molecule has 0 atom stereocenters. The van der Waals surface area contributed by atoms with E-state index in [-0.39, 0.29) is 0 Å². The van der Waals surface area contributed by atoms with Gasteiger partial charge in [-0.2, -0.15) is 0 Å². The summed E-state index contributed by atoms with van der Waals surface area (Å²) >= 11 is 5.76. The van der Waals surface area contributed by atoms with Crippen molar-refractivity contribution in [3.63, 3.8) is 0 Å². The van der Waals surface area contributed by atoms with Crippen LogP contribution in [0.3, 0.4) is 0 Å². The molecule has 0 aliphatic rings. The quantitative estimate of drug-likeness (QED) is 0.851. The summed E-state index contributed by atoms with van der Waals surface area (Å²) in [4.78, 5) is 10.7. The maximum absolute atomic E-state index is 5.76. The molecule has 20 heavy (non-hydrogen) atoms. The van der Waals surface area contributed by atoms with Crippen molar-refractivity contribution in [3.05, 3.63) is 59.1 Å². The molecule has 0 aliphatic heterocycles. The van der Waals surface area contributed by atoms with Crippen molar-refractivity contribution in [2.24, 2.45) is 5.73 Å². The zero-order chi connectivity index (χ0) is 14.2. The minimum Gasteiger partial charge on any atom is -0.330 e. The largest absolute Gasteiger partial charge is 0.330 e. The molecule has 0 fully saturated rings. The van der Waals surface area contributed by atoms with E-state index in [1.807, 2.05) is 6.07 Å². The minimum absolute atomic E-state index is 0.422. The Kier molecular flexibility index (Phi) is 5.92. The Labute approximate surface area is 124 Å². The van der Waals surface area contributed by atoms with Gasteiger partial charge in [-0.1, -0.05) is 41.9 Å². The predicted octanol–water partition coefficient (Wildman–Crippen LogP) is 2.48. The molecule has 5 heteroatoms. The van der Waals surface area contributed by atoms with Gasteiger partial charge in [0.25, 0.3) is 0 Å². The van der Waals surface area contributed by atoms with Gasteiger partial charge in [0.05, 0.1) is 18.1 Å². The van der Waals surface area contributed by atoms with Crippen LogP contribution in [-0.4, -0.2) is 28.0 Å². The van der Waals surface area contributed by atoms with Crippen molar-refractivity contribution >= 4 is 11.6 Å². The fourth-order valence-electron chi connectivity index (χ4n) is 2.02. The fraction of sp³-hybridized carbons (Fsp3) is 0.333. The summed E-state index contributed by atoms with van der Waals surface area (Å²) in [5, 5.41) is 0.422. The number of halogens is 1. The molecule has 2 N–H and O–H groups in total. The van der Waals surface area contributed by atoms with Crippen molar-refractivity contribution in [1.29, 1.82) is 0 Å². The average molecular weight is 291 g/mol. The minimum atomic E-state index is 0.422. The third-order valence-electron chi connectivity index (χ3n) is 2.99. The van der Waals surface area contributed by atoms with E-state index < -0.39 is 0 Å². The van der Waals surface area contributed by atoms with Crippen LogP contribution in [0, 0.1) is 0 Å². The molecule has 0 bridgehead atoms. The zero-order valence-corrected chi connectivity index (χ0v) is 12.1. The second-order valence-electron chi connectivity index (χ2n) is 4.67. The Morgan fingerprint density at radius 2 is 1.85 bits per heavy atom. The van der Waals surface area contributed by atoms with Gasteiger partial charge in [-0.15, -0.1) is 0 Å². The highest BCUT2D eigenvalue weighted by atomic mass is 35.5. The van der Waals surface area contributed by atoms with Gasteiger partial charge >= 0.3 is 0 Å². The standard InChI is InChI=1S/C15H19ClN4/c16-15-10-18-14(9-19-15)12-20(8-4-7-17)11-13-5-2-1-3-6-13/h1-3,5-6,9-10H,4,7-8,11-12,17H2. The molecule has 2 rings (SSSR count). The SMILES string of the molecule is NCCCN(Cc1ccccc1)Cc1cnc(Cl)cn1. The van der Waals surface area contributed by atoms with Crippen molar-refractivity contribution in [2.45, 2.75) is 19.5 Å². The molecule has 0 radical (unpaired) electrons. The highest BCUT2D eigenvalue weighted by molar-refractivity contribution is 6.29. The van der Waals surface area contributed by atoms with Crippen LogP contribution in [0.15, 0.2) is 42.7 Å². The molecule has 4 nitrogen and oxygen atoms in total. The van der Waals surface area contributed by atoms with Crippen LogP contribution >= 0.6 is 11.6 Å². The third-order valence-corrected chi connectivity index (χ3v) is 3.18. The zero-order valence-electron chi connectivity index (χ0n) is 11.4. The van der Waals surface area contributed by atoms with Crippen LogP contribution in [0.2, 0.25) is 5.15 Å². The Morgan fingerprint density at radius 3 is 2.50 bits per heavy atom. The smallest absolute Gasteiger partial charge is 0.147 e. The molecule has 0 saturated carbocycles. The molecule has 1 heterocycles. The van der Waals surface area contributed by atoms with Gasteiger partial charge in [0.2, 0.25) is 0 Å². The number of aromatic nitrogens is 2. The van der Waals surface area contributed by atoms with E-state index in [9.17, 15) is 0 Å². The second kappa shape index (κ2) is 7.94. The molecule has 0 amide bonds. The Bertz CT molecular complexity index is 501. The van der Waals surface area contributed by atoms with Crippen LogP contribution < -0.4 is 5.73 Å². The lowest BCUT2D eigenvalue weighted by Crippen LogP contribution is -2.26. The second-order valence-corrected chi connectivity index (χ2v) is 5.06. The van der Waals surface area contributed by atoms with Crippen molar-refractivity contribution < 1.29 is 0 Å². The van der Waals surface area contributed by atoms with E-state index in [2.05, 4.69) is 39.1 Å². The van der Waals surface area contributed by atoms with E-state index >= 15 is 0 Å². The van der Waals surface area contributed by atoms with Crippen LogP contribution in [0.1, 0.15) is 17.7 Å². The van der Waals surface area contributed by atoms with E-state index in [1.165, 1.54) is 5.56 Å². The summed E-state index contributed by atoms with van der Waals surface area (Å²) in [5.41, 5.74) is 7.81. The van der Waals surface area contributed by atoms with Gasteiger partial charge in [0.15, 0.2) is 0 Å². The molecule has 1 aromatic heterocycles. The van der Waals surface area contributed by atoms with Gasteiger partial charge < -0.3 is 5.73 Å².